The van der Waals surface area contributed by atoms with E-state index in [-0.39, 0.29) is 17.2 Å². The van der Waals surface area contributed by atoms with Gasteiger partial charge in [-0.05, 0) is 43.2 Å². The molecule has 0 spiro atoms. The number of hydrogen-bond donors (Lipinski definition) is 2. The van der Waals surface area contributed by atoms with Crippen LogP contribution in [0, 0.1) is 13.8 Å². The zero-order valence-electron chi connectivity index (χ0n) is 16.1. The molecule has 0 aliphatic heterocycles. The highest BCUT2D eigenvalue weighted by molar-refractivity contribution is 5.94. The highest BCUT2D eigenvalue weighted by Gasteiger charge is 2.11. The van der Waals surface area contributed by atoms with Crippen molar-refractivity contribution < 1.29 is 14.0 Å². The van der Waals surface area contributed by atoms with Gasteiger partial charge in [0, 0.05) is 37.2 Å². The fraction of sp³-hybridized carbons (Fsp3) is 0.227. The molecule has 0 aliphatic carbocycles. The van der Waals surface area contributed by atoms with Crippen LogP contribution in [0.5, 0.6) is 0 Å². The van der Waals surface area contributed by atoms with E-state index < -0.39 is 0 Å². The SMILES string of the molecule is CC(=O)NCCNC(=O)c1ccc(-c2cc(=O)c3cc(C)cc(C)c3o2)cc1. The second kappa shape index (κ2) is 8.08. The molecule has 0 saturated heterocycles. The van der Waals surface area contributed by atoms with E-state index in [2.05, 4.69) is 10.6 Å². The highest BCUT2D eigenvalue weighted by Crippen LogP contribution is 2.25. The number of benzene rings is 2. The third-order valence-electron chi connectivity index (χ3n) is 4.37. The van der Waals surface area contributed by atoms with Crippen LogP contribution in [-0.4, -0.2) is 24.9 Å². The van der Waals surface area contributed by atoms with E-state index in [9.17, 15) is 14.4 Å². The van der Waals surface area contributed by atoms with Crippen molar-refractivity contribution in [3.05, 3.63) is 69.4 Å². The van der Waals surface area contributed by atoms with Gasteiger partial charge in [-0.2, -0.15) is 0 Å². The summed E-state index contributed by atoms with van der Waals surface area (Å²) >= 11 is 0. The Balaban J connectivity index is 1.81. The maximum atomic E-state index is 12.5. The van der Waals surface area contributed by atoms with Crippen molar-refractivity contribution in [1.29, 1.82) is 0 Å². The predicted octanol–water partition coefficient (Wildman–Crippen LogP) is 2.94. The minimum Gasteiger partial charge on any atom is -0.456 e. The van der Waals surface area contributed by atoms with Crippen molar-refractivity contribution >= 4 is 22.8 Å². The molecule has 28 heavy (non-hydrogen) atoms. The van der Waals surface area contributed by atoms with Crippen molar-refractivity contribution in [2.45, 2.75) is 20.8 Å². The van der Waals surface area contributed by atoms with E-state index in [1.807, 2.05) is 26.0 Å². The second-order valence-corrected chi connectivity index (χ2v) is 6.75. The average Bonchev–Trinajstić information content (AvgIpc) is 2.65. The minimum atomic E-state index is -0.233. The summed E-state index contributed by atoms with van der Waals surface area (Å²) in [6.45, 7) is 6.00. The van der Waals surface area contributed by atoms with Gasteiger partial charge in [-0.15, -0.1) is 0 Å². The number of fused-ring (bicyclic) bond motifs is 1. The average molecular weight is 378 g/mol. The van der Waals surface area contributed by atoms with Crippen LogP contribution in [-0.2, 0) is 4.79 Å². The molecule has 2 aromatic carbocycles. The molecule has 6 heteroatoms. The maximum absolute atomic E-state index is 12.5. The largest absolute Gasteiger partial charge is 0.456 e. The lowest BCUT2D eigenvalue weighted by molar-refractivity contribution is -0.118. The van der Waals surface area contributed by atoms with Crippen LogP contribution in [0.3, 0.4) is 0 Å². The molecule has 0 saturated carbocycles. The summed E-state index contributed by atoms with van der Waals surface area (Å²) in [6.07, 6.45) is 0. The molecule has 2 amide bonds. The molecule has 0 unspecified atom stereocenters. The molecular formula is C22H22N2O4. The quantitative estimate of drug-likeness (QED) is 0.668. The summed E-state index contributed by atoms with van der Waals surface area (Å²) in [5.41, 5.74) is 3.61. The normalized spacial score (nSPS) is 10.7. The van der Waals surface area contributed by atoms with Crippen LogP contribution in [0.15, 0.2) is 51.7 Å². The molecule has 0 radical (unpaired) electrons. The number of carbonyl (C=O) groups is 2. The molecule has 0 atom stereocenters. The molecule has 1 heterocycles. The molecule has 0 bridgehead atoms. The Morgan fingerprint density at radius 3 is 2.32 bits per heavy atom. The molecule has 0 fully saturated rings. The third kappa shape index (κ3) is 4.28. The van der Waals surface area contributed by atoms with Gasteiger partial charge < -0.3 is 15.1 Å². The molecule has 0 aliphatic rings. The number of hydrogen-bond acceptors (Lipinski definition) is 4. The lowest BCUT2D eigenvalue weighted by Crippen LogP contribution is -2.33. The van der Waals surface area contributed by atoms with Crippen LogP contribution in [0.4, 0.5) is 0 Å². The molecule has 3 rings (SSSR count). The zero-order chi connectivity index (χ0) is 20.3. The Kier molecular flexibility index (Phi) is 5.59. The molecule has 6 nitrogen and oxygen atoms in total. The Morgan fingerprint density at radius 1 is 0.964 bits per heavy atom. The summed E-state index contributed by atoms with van der Waals surface area (Å²) in [4.78, 5) is 35.5. The lowest BCUT2D eigenvalue weighted by atomic mass is 10.1. The summed E-state index contributed by atoms with van der Waals surface area (Å²) < 4.78 is 5.98. The summed E-state index contributed by atoms with van der Waals surface area (Å²) in [5, 5.41) is 5.91. The number of amides is 2. The topological polar surface area (TPSA) is 88.4 Å². The molecular weight excluding hydrogens is 356 g/mol. The highest BCUT2D eigenvalue weighted by atomic mass is 16.3. The maximum Gasteiger partial charge on any atom is 0.251 e. The Hall–Kier alpha value is -3.41. The van der Waals surface area contributed by atoms with E-state index in [1.54, 1.807) is 24.3 Å². The van der Waals surface area contributed by atoms with Gasteiger partial charge >= 0.3 is 0 Å². The van der Waals surface area contributed by atoms with Crippen LogP contribution in [0.25, 0.3) is 22.3 Å². The summed E-state index contributed by atoms with van der Waals surface area (Å²) in [7, 11) is 0. The molecule has 2 N–H and O–H groups in total. The van der Waals surface area contributed by atoms with Crippen LogP contribution in [0.1, 0.15) is 28.4 Å². The number of carbonyl (C=O) groups excluding carboxylic acids is 2. The number of nitrogens with one attached hydrogen (secondary N) is 2. The van der Waals surface area contributed by atoms with E-state index in [4.69, 9.17) is 4.42 Å². The third-order valence-corrected chi connectivity index (χ3v) is 4.37. The van der Waals surface area contributed by atoms with Gasteiger partial charge in [0.1, 0.15) is 11.3 Å². The Labute approximate surface area is 162 Å². The molecule has 144 valence electrons. The van der Waals surface area contributed by atoms with Gasteiger partial charge in [0.2, 0.25) is 5.91 Å². The van der Waals surface area contributed by atoms with E-state index in [0.717, 1.165) is 11.1 Å². The van der Waals surface area contributed by atoms with Crippen molar-refractivity contribution in [1.82, 2.24) is 10.6 Å². The van der Waals surface area contributed by atoms with Crippen molar-refractivity contribution in [2.24, 2.45) is 0 Å². The molecule has 3 aromatic rings. The standard InChI is InChI=1S/C22H22N2O4/c1-13-10-14(2)21-18(11-13)19(26)12-20(28-21)16-4-6-17(7-5-16)22(27)24-9-8-23-15(3)25/h4-7,10-12H,8-9H2,1-3H3,(H,23,25)(H,24,27). The fourth-order valence-corrected chi connectivity index (χ4v) is 3.05. The number of aryl methyl sites for hydroxylation is 2. The van der Waals surface area contributed by atoms with Gasteiger partial charge in [0.25, 0.3) is 5.91 Å². The van der Waals surface area contributed by atoms with Gasteiger partial charge in [0.15, 0.2) is 5.43 Å². The first-order valence-corrected chi connectivity index (χ1v) is 9.03. The van der Waals surface area contributed by atoms with Crippen molar-refractivity contribution in [2.75, 3.05) is 13.1 Å². The van der Waals surface area contributed by atoms with Gasteiger partial charge in [-0.1, -0.05) is 18.2 Å². The predicted molar refractivity (Wildman–Crippen MR) is 108 cm³/mol. The van der Waals surface area contributed by atoms with E-state index >= 15 is 0 Å². The minimum absolute atomic E-state index is 0.0946. The van der Waals surface area contributed by atoms with E-state index in [1.165, 1.54) is 13.0 Å². The first-order valence-electron chi connectivity index (χ1n) is 9.03. The number of rotatable bonds is 5. The van der Waals surface area contributed by atoms with Crippen LogP contribution >= 0.6 is 0 Å². The van der Waals surface area contributed by atoms with Gasteiger partial charge in [0.05, 0.1) is 5.39 Å². The first kappa shape index (κ1) is 19.4. The molecule has 1 aromatic heterocycles. The Morgan fingerprint density at radius 2 is 1.64 bits per heavy atom. The smallest absolute Gasteiger partial charge is 0.251 e. The van der Waals surface area contributed by atoms with Gasteiger partial charge in [-0.25, -0.2) is 0 Å². The van der Waals surface area contributed by atoms with Crippen LogP contribution < -0.4 is 16.1 Å². The monoisotopic (exact) mass is 378 g/mol. The lowest BCUT2D eigenvalue weighted by Gasteiger charge is -2.08. The van der Waals surface area contributed by atoms with Crippen molar-refractivity contribution in [3.8, 4) is 11.3 Å². The van der Waals surface area contributed by atoms with Crippen molar-refractivity contribution in [3.63, 3.8) is 0 Å². The van der Waals surface area contributed by atoms with Gasteiger partial charge in [-0.3, -0.25) is 14.4 Å². The van der Waals surface area contributed by atoms with E-state index in [0.29, 0.717) is 40.9 Å². The first-order chi connectivity index (χ1) is 13.3. The van der Waals surface area contributed by atoms with Crippen LogP contribution in [0.2, 0.25) is 0 Å². The zero-order valence-corrected chi connectivity index (χ0v) is 16.1. The fourth-order valence-electron chi connectivity index (χ4n) is 3.05. The Bertz CT molecular complexity index is 1100. The second-order valence-electron chi connectivity index (χ2n) is 6.75. The summed E-state index contributed by atoms with van der Waals surface area (Å²) in [6, 6.07) is 12.1. The summed E-state index contributed by atoms with van der Waals surface area (Å²) in [5.74, 6) is 0.0890.